The highest BCUT2D eigenvalue weighted by Crippen LogP contribution is 2.52. The Balaban J connectivity index is 1.04. The lowest BCUT2D eigenvalue weighted by Crippen LogP contribution is -2.59. The summed E-state index contributed by atoms with van der Waals surface area (Å²) in [7, 11) is -2.41. The van der Waals surface area contributed by atoms with Crippen molar-refractivity contribution in [1.29, 1.82) is 0 Å². The predicted molar refractivity (Wildman–Crippen MR) is 229 cm³/mol. The molecule has 7 aliphatic rings. The Morgan fingerprint density at radius 1 is 1.00 bits per heavy atom. The number of hydrogen-bond acceptors (Lipinski definition) is 12. The van der Waals surface area contributed by atoms with Crippen molar-refractivity contribution in [3.05, 3.63) is 36.4 Å². The van der Waals surface area contributed by atoms with Gasteiger partial charge in [-0.25, -0.2) is 13.2 Å². The smallest absolute Gasteiger partial charge is 0.408 e. The Kier molecular flexibility index (Phi) is 11.3. The number of aromatic nitrogens is 1. The molecule has 1 aromatic carbocycles. The summed E-state index contributed by atoms with van der Waals surface area (Å²) in [4.78, 5) is 66.1. The maximum atomic E-state index is 15.1. The second-order valence-electron chi connectivity index (χ2n) is 19.3. The molecule has 62 heavy (non-hydrogen) atoms. The van der Waals surface area contributed by atoms with E-state index in [1.165, 1.54) is 11.3 Å². The molecule has 2 saturated heterocycles. The van der Waals surface area contributed by atoms with Crippen LogP contribution in [0.15, 0.2) is 36.4 Å². The molecule has 9 rings (SSSR count). The number of methoxy groups -OCH3 is 1. The quantitative estimate of drug-likeness (QED) is 0.305. The van der Waals surface area contributed by atoms with Crippen LogP contribution in [0.2, 0.25) is 0 Å². The number of carbonyl (C=O) groups is 4. The fourth-order valence-electron chi connectivity index (χ4n) is 10.2. The maximum absolute atomic E-state index is 15.1. The molecule has 2 aromatic rings. The fourth-order valence-corrected chi connectivity index (χ4v) is 11.5. The normalized spacial score (nSPS) is 34.6. The summed E-state index contributed by atoms with van der Waals surface area (Å²) in [5.74, 6) is 0.376. The van der Waals surface area contributed by atoms with E-state index in [0.717, 1.165) is 24.6 Å². The molecule has 4 amide bonds. The molecule has 3 aliphatic heterocycles. The van der Waals surface area contributed by atoms with Crippen molar-refractivity contribution in [2.45, 2.75) is 120 Å². The molecule has 6 fully saturated rings. The zero-order valence-electron chi connectivity index (χ0n) is 36.1. The number of benzene rings is 1. The van der Waals surface area contributed by atoms with Crippen LogP contribution in [0.1, 0.15) is 85.0 Å². The molecule has 336 valence electrons. The molecule has 1 aromatic heterocycles. The first-order chi connectivity index (χ1) is 29.6. The van der Waals surface area contributed by atoms with Crippen LogP contribution < -0.4 is 29.7 Å². The molecule has 4 heterocycles. The summed E-state index contributed by atoms with van der Waals surface area (Å²) in [5.41, 5.74) is -1.54. The molecule has 0 bridgehead atoms. The number of amides is 4. The zero-order valence-corrected chi connectivity index (χ0v) is 36.9. The van der Waals surface area contributed by atoms with Gasteiger partial charge < -0.3 is 39.4 Å². The van der Waals surface area contributed by atoms with E-state index in [-0.39, 0.29) is 37.3 Å². The van der Waals surface area contributed by atoms with E-state index in [0.29, 0.717) is 86.7 Å². The lowest BCUT2D eigenvalue weighted by molar-refractivity contribution is -0.142. The summed E-state index contributed by atoms with van der Waals surface area (Å²) >= 11 is 0. The van der Waals surface area contributed by atoms with E-state index in [1.807, 2.05) is 43.3 Å². The highest BCUT2D eigenvalue weighted by atomic mass is 32.2. The number of nitrogens with one attached hydrogen (secondary N) is 3. The average Bonchev–Trinajstić information content (AvgIpc) is 4.21. The van der Waals surface area contributed by atoms with E-state index in [4.69, 9.17) is 23.9 Å². The van der Waals surface area contributed by atoms with E-state index in [9.17, 15) is 22.8 Å². The molecule has 4 saturated carbocycles. The SMILES string of the molecule is COc1ccc2c(O[C@@H]3C[C@H]4C(=O)N[C@]5(C(=O)NS(=O)(=O)C6(C)CC6)C[C@H]5/C=C\CC[C@H](C)C[C@@H](C)[C@H](NC(=O)OC5CC6CC6C5)C(=O)N4C3)nc(N3CCOCC3)cc2c1. The van der Waals surface area contributed by atoms with Crippen LogP contribution in [0, 0.1) is 29.6 Å². The van der Waals surface area contributed by atoms with Crippen LogP contribution in [0.3, 0.4) is 0 Å². The molecule has 9 atom stereocenters. The van der Waals surface area contributed by atoms with E-state index in [1.54, 1.807) is 14.0 Å². The van der Waals surface area contributed by atoms with Gasteiger partial charge in [0, 0.05) is 30.8 Å². The minimum Gasteiger partial charge on any atom is -0.497 e. The molecular weight excluding hydrogens is 817 g/mol. The van der Waals surface area contributed by atoms with Crippen LogP contribution >= 0.6 is 0 Å². The first-order valence-corrected chi connectivity index (χ1v) is 23.9. The van der Waals surface area contributed by atoms with Gasteiger partial charge in [-0.05, 0) is 118 Å². The third kappa shape index (κ3) is 8.55. The Morgan fingerprint density at radius 2 is 1.76 bits per heavy atom. The summed E-state index contributed by atoms with van der Waals surface area (Å²) in [5, 5.41) is 7.44. The molecule has 0 spiro atoms. The van der Waals surface area contributed by atoms with Gasteiger partial charge in [-0.3, -0.25) is 19.1 Å². The second-order valence-corrected chi connectivity index (χ2v) is 21.5. The topological polar surface area (TPSA) is 195 Å². The van der Waals surface area contributed by atoms with Gasteiger partial charge >= 0.3 is 6.09 Å². The first-order valence-electron chi connectivity index (χ1n) is 22.5. The number of anilines is 1. The Hall–Kier alpha value is -4.64. The van der Waals surface area contributed by atoms with Crippen molar-refractivity contribution < 1.29 is 46.5 Å². The third-order valence-electron chi connectivity index (χ3n) is 14.6. The first kappa shape index (κ1) is 42.7. The Bertz CT molecular complexity index is 2240. The van der Waals surface area contributed by atoms with Crippen molar-refractivity contribution >= 4 is 50.4 Å². The summed E-state index contributed by atoms with van der Waals surface area (Å²) < 4.78 is 51.7. The zero-order chi connectivity index (χ0) is 43.6. The number of morpholine rings is 1. The van der Waals surface area contributed by atoms with Gasteiger partial charge in [0.1, 0.15) is 41.4 Å². The van der Waals surface area contributed by atoms with Crippen molar-refractivity contribution in [1.82, 2.24) is 25.2 Å². The maximum Gasteiger partial charge on any atom is 0.408 e. The highest BCUT2D eigenvalue weighted by Gasteiger charge is 2.63. The average molecular weight is 877 g/mol. The van der Waals surface area contributed by atoms with Gasteiger partial charge in [-0.2, -0.15) is 4.98 Å². The van der Waals surface area contributed by atoms with Crippen LogP contribution in [-0.4, -0.2) is 117 Å². The number of nitrogens with zero attached hydrogens (tertiary/aromatic N) is 3. The van der Waals surface area contributed by atoms with Gasteiger partial charge in [-0.1, -0.05) is 26.0 Å². The number of allylic oxidation sites excluding steroid dienone is 1. The molecule has 2 unspecified atom stereocenters. The van der Waals surface area contributed by atoms with Crippen LogP contribution in [0.4, 0.5) is 10.6 Å². The highest BCUT2D eigenvalue weighted by molar-refractivity contribution is 7.91. The van der Waals surface area contributed by atoms with Crippen molar-refractivity contribution in [3.63, 3.8) is 0 Å². The van der Waals surface area contributed by atoms with Gasteiger partial charge in [-0.15, -0.1) is 0 Å². The fraction of sp³-hybridized carbons (Fsp3) is 0.667. The Labute approximate surface area is 363 Å². The molecule has 17 heteroatoms. The largest absolute Gasteiger partial charge is 0.497 e. The van der Waals surface area contributed by atoms with Gasteiger partial charge in [0.25, 0.3) is 5.91 Å². The minimum atomic E-state index is -4.01. The van der Waals surface area contributed by atoms with Crippen molar-refractivity contribution in [2.75, 3.05) is 44.9 Å². The van der Waals surface area contributed by atoms with Crippen molar-refractivity contribution in [3.8, 4) is 11.6 Å². The standard InChI is InChI=1S/C45H60N6O10S/c1-26-7-5-6-8-31-24-45(31,42(54)49-62(56,57)44(3)11-12-44)48-39(52)36-23-34(25-51(36)41(53)38(27(2)17-26)47-43(55)61-33-19-28-18-29(28)20-33)60-40-35-10-9-32(58-4)21-30(35)22-37(46-40)50-13-15-59-16-14-50/h6,8-10,21-22,26-29,31,33-34,36,38H,5,7,11-20,23-25H2,1-4H3,(H,47,55)(H,48,52)(H,49,54)/b8-6-/t26-,27+,28?,29?,31+,33?,34+,36-,38-,45+/m0/s1. The molecule has 4 aliphatic carbocycles. The number of pyridine rings is 1. The van der Waals surface area contributed by atoms with Crippen LogP contribution in [0.5, 0.6) is 11.6 Å². The number of carbonyl (C=O) groups excluding carboxylic acids is 4. The monoisotopic (exact) mass is 876 g/mol. The number of hydrogen-bond donors (Lipinski definition) is 3. The summed E-state index contributed by atoms with van der Waals surface area (Å²) in [6.45, 7) is 8.00. The minimum absolute atomic E-state index is 0.0191. The van der Waals surface area contributed by atoms with Gasteiger partial charge in [0.05, 0.1) is 31.6 Å². The number of fused-ring (bicyclic) bond motifs is 4. The van der Waals surface area contributed by atoms with Gasteiger partial charge in [0.15, 0.2) is 0 Å². The number of alkyl carbamates (subject to hydrolysis) is 1. The Morgan fingerprint density at radius 3 is 2.48 bits per heavy atom. The molecule has 16 nitrogen and oxygen atoms in total. The van der Waals surface area contributed by atoms with E-state index < -0.39 is 68.2 Å². The van der Waals surface area contributed by atoms with Crippen LogP contribution in [-0.2, 0) is 33.9 Å². The van der Waals surface area contributed by atoms with Gasteiger partial charge in [0.2, 0.25) is 27.7 Å². The molecule has 0 radical (unpaired) electrons. The number of sulfonamides is 1. The second kappa shape index (κ2) is 16.5. The lowest BCUT2D eigenvalue weighted by Gasteiger charge is -2.33. The van der Waals surface area contributed by atoms with Crippen molar-refractivity contribution in [2.24, 2.45) is 29.6 Å². The lowest BCUT2D eigenvalue weighted by atomic mass is 9.88. The summed E-state index contributed by atoms with van der Waals surface area (Å²) in [6.07, 6.45) is 8.30. The summed E-state index contributed by atoms with van der Waals surface area (Å²) in [6, 6.07) is 5.42. The predicted octanol–water partition coefficient (Wildman–Crippen LogP) is 4.21. The van der Waals surface area contributed by atoms with E-state index >= 15 is 4.79 Å². The number of ether oxygens (including phenoxy) is 4. The van der Waals surface area contributed by atoms with E-state index in [2.05, 4.69) is 27.2 Å². The molecular formula is C45H60N6O10S. The van der Waals surface area contributed by atoms with Crippen LogP contribution in [0.25, 0.3) is 10.8 Å². The third-order valence-corrected chi connectivity index (χ3v) is 16.8. The number of rotatable bonds is 9. The molecule has 3 N–H and O–H groups in total.